The van der Waals surface area contributed by atoms with Gasteiger partial charge in [-0.25, -0.2) is 0 Å². The molecule has 1 fully saturated rings. The second kappa shape index (κ2) is 5.27. The van der Waals surface area contributed by atoms with Gasteiger partial charge in [-0.3, -0.25) is 0 Å². The van der Waals surface area contributed by atoms with E-state index in [2.05, 4.69) is 36.0 Å². The molecule has 1 aliphatic heterocycles. The highest BCUT2D eigenvalue weighted by atomic mass is 32.1. The van der Waals surface area contributed by atoms with Crippen LogP contribution in [0.5, 0.6) is 0 Å². The minimum absolute atomic E-state index is 0.0747. The summed E-state index contributed by atoms with van der Waals surface area (Å²) in [6.07, 6.45) is 0.169. The minimum atomic E-state index is -0.0747. The highest BCUT2D eigenvalue weighted by Gasteiger charge is 2.28. The van der Waals surface area contributed by atoms with E-state index in [9.17, 15) is 0 Å². The number of nitrogens with one attached hydrogen (secondary N) is 1. The summed E-state index contributed by atoms with van der Waals surface area (Å²) in [5.41, 5.74) is 1.17. The van der Waals surface area contributed by atoms with Gasteiger partial charge in [0.05, 0.1) is 24.9 Å². The van der Waals surface area contributed by atoms with E-state index in [1.807, 2.05) is 0 Å². The Morgan fingerprint density at radius 1 is 1.62 bits per heavy atom. The third-order valence-electron chi connectivity index (χ3n) is 2.56. The highest BCUT2D eigenvalue weighted by molar-refractivity contribution is 7.07. The summed E-state index contributed by atoms with van der Waals surface area (Å²) in [6.45, 7) is 7.34. The fraction of sp³-hybridized carbons (Fsp3) is 0.667. The number of thiophene rings is 1. The molecule has 0 amide bonds. The van der Waals surface area contributed by atoms with Crippen molar-refractivity contribution in [2.45, 2.75) is 32.2 Å². The quantitative estimate of drug-likeness (QED) is 0.875. The average Bonchev–Trinajstić information content (AvgIpc) is 2.69. The Labute approximate surface area is 101 Å². The predicted molar refractivity (Wildman–Crippen MR) is 65.8 cm³/mol. The molecule has 1 atom stereocenters. The Kier molecular flexibility index (Phi) is 3.97. The maximum Gasteiger partial charge on any atom is 0.0940 e. The molecule has 0 aromatic carbocycles. The standard InChI is InChI=1S/C12H19NO2S/c1-12(2)9-13-5-11(15-12)7-14-6-10-3-4-16-8-10/h3-4,8,11,13H,5-7,9H2,1-2H3. The largest absolute Gasteiger partial charge is 0.374 e. The van der Waals surface area contributed by atoms with Crippen molar-refractivity contribution in [1.29, 1.82) is 0 Å². The van der Waals surface area contributed by atoms with Crippen LogP contribution >= 0.6 is 11.3 Å². The molecule has 1 aliphatic rings. The number of hydrogen-bond acceptors (Lipinski definition) is 4. The summed E-state index contributed by atoms with van der Waals surface area (Å²) in [4.78, 5) is 0. The monoisotopic (exact) mass is 241 g/mol. The van der Waals surface area contributed by atoms with Crippen LogP contribution in [0, 0.1) is 0 Å². The van der Waals surface area contributed by atoms with Crippen LogP contribution in [0.3, 0.4) is 0 Å². The molecule has 1 unspecified atom stereocenters. The summed E-state index contributed by atoms with van der Waals surface area (Å²) < 4.78 is 11.6. The first-order valence-corrected chi connectivity index (χ1v) is 6.57. The average molecular weight is 241 g/mol. The lowest BCUT2D eigenvalue weighted by Crippen LogP contribution is -2.51. The van der Waals surface area contributed by atoms with Crippen LogP contribution in [0.15, 0.2) is 16.8 Å². The van der Waals surface area contributed by atoms with Crippen molar-refractivity contribution in [2.75, 3.05) is 19.7 Å². The van der Waals surface area contributed by atoms with Crippen LogP contribution in [0.2, 0.25) is 0 Å². The van der Waals surface area contributed by atoms with Gasteiger partial charge >= 0.3 is 0 Å². The third kappa shape index (κ3) is 3.56. The first kappa shape index (κ1) is 12.0. The zero-order valence-corrected chi connectivity index (χ0v) is 10.7. The van der Waals surface area contributed by atoms with E-state index in [-0.39, 0.29) is 11.7 Å². The van der Waals surface area contributed by atoms with Crippen LogP contribution in [0.1, 0.15) is 19.4 Å². The van der Waals surface area contributed by atoms with Gasteiger partial charge in [0.2, 0.25) is 0 Å². The first-order chi connectivity index (χ1) is 7.66. The molecule has 0 aliphatic carbocycles. The molecule has 3 nitrogen and oxygen atoms in total. The zero-order valence-electron chi connectivity index (χ0n) is 9.86. The van der Waals surface area contributed by atoms with Gasteiger partial charge in [0.1, 0.15) is 0 Å². The molecule has 16 heavy (non-hydrogen) atoms. The molecule has 90 valence electrons. The predicted octanol–water partition coefficient (Wildman–Crippen LogP) is 2.03. The van der Waals surface area contributed by atoms with Gasteiger partial charge in [0.25, 0.3) is 0 Å². The molecule has 4 heteroatoms. The topological polar surface area (TPSA) is 30.5 Å². The van der Waals surface area contributed by atoms with Gasteiger partial charge < -0.3 is 14.8 Å². The SMILES string of the molecule is CC1(C)CNCC(COCc2ccsc2)O1. The smallest absolute Gasteiger partial charge is 0.0940 e. The summed E-state index contributed by atoms with van der Waals surface area (Å²) in [6, 6.07) is 2.09. The van der Waals surface area contributed by atoms with Gasteiger partial charge in [-0.05, 0) is 36.2 Å². The zero-order chi connectivity index (χ0) is 11.4. The molecule has 0 bridgehead atoms. The van der Waals surface area contributed by atoms with Crippen LogP contribution in [0.4, 0.5) is 0 Å². The van der Waals surface area contributed by atoms with Crippen molar-refractivity contribution in [3.63, 3.8) is 0 Å². The van der Waals surface area contributed by atoms with Crippen LogP contribution in [-0.4, -0.2) is 31.4 Å². The highest BCUT2D eigenvalue weighted by Crippen LogP contribution is 2.16. The van der Waals surface area contributed by atoms with Gasteiger partial charge in [0.15, 0.2) is 0 Å². The van der Waals surface area contributed by atoms with Gasteiger partial charge in [0, 0.05) is 13.1 Å². The molecule has 0 radical (unpaired) electrons. The number of rotatable bonds is 4. The van der Waals surface area contributed by atoms with Gasteiger partial charge in [-0.15, -0.1) is 0 Å². The Hall–Kier alpha value is -0.420. The van der Waals surface area contributed by atoms with Crippen LogP contribution in [0.25, 0.3) is 0 Å². The fourth-order valence-corrected chi connectivity index (χ4v) is 2.50. The van der Waals surface area contributed by atoms with Crippen LogP contribution < -0.4 is 5.32 Å². The van der Waals surface area contributed by atoms with Crippen molar-refractivity contribution in [2.24, 2.45) is 0 Å². The molecule has 1 aromatic rings. The molecule has 1 N–H and O–H groups in total. The lowest BCUT2D eigenvalue weighted by Gasteiger charge is -2.36. The molecule has 0 spiro atoms. The normalized spacial score (nSPS) is 24.5. The summed E-state index contributed by atoms with van der Waals surface area (Å²) >= 11 is 1.70. The van der Waals surface area contributed by atoms with Crippen molar-refractivity contribution in [3.05, 3.63) is 22.4 Å². The van der Waals surface area contributed by atoms with E-state index in [0.29, 0.717) is 13.2 Å². The molecule has 2 heterocycles. The second-order valence-electron chi connectivity index (χ2n) is 4.78. The molecule has 2 rings (SSSR count). The molecule has 1 aromatic heterocycles. The lowest BCUT2D eigenvalue weighted by molar-refractivity contribution is -0.122. The van der Waals surface area contributed by atoms with Crippen LogP contribution in [-0.2, 0) is 16.1 Å². The lowest BCUT2D eigenvalue weighted by atomic mass is 10.1. The van der Waals surface area contributed by atoms with E-state index >= 15 is 0 Å². The van der Waals surface area contributed by atoms with E-state index in [0.717, 1.165) is 13.1 Å². The fourth-order valence-electron chi connectivity index (χ4n) is 1.84. The van der Waals surface area contributed by atoms with Crippen molar-refractivity contribution in [1.82, 2.24) is 5.32 Å². The van der Waals surface area contributed by atoms with Crippen molar-refractivity contribution < 1.29 is 9.47 Å². The van der Waals surface area contributed by atoms with E-state index in [1.54, 1.807) is 11.3 Å². The van der Waals surface area contributed by atoms with Crippen molar-refractivity contribution >= 4 is 11.3 Å². The molecule has 1 saturated heterocycles. The summed E-state index contributed by atoms with van der Waals surface area (Å²) in [7, 11) is 0. The Balaban J connectivity index is 1.70. The summed E-state index contributed by atoms with van der Waals surface area (Å²) in [5.74, 6) is 0. The van der Waals surface area contributed by atoms with Crippen molar-refractivity contribution in [3.8, 4) is 0 Å². The maximum absolute atomic E-state index is 5.91. The summed E-state index contributed by atoms with van der Waals surface area (Å²) in [5, 5.41) is 7.55. The Bertz CT molecular complexity index is 311. The second-order valence-corrected chi connectivity index (χ2v) is 5.56. The minimum Gasteiger partial charge on any atom is -0.374 e. The molecular weight excluding hydrogens is 222 g/mol. The number of morpholine rings is 1. The Morgan fingerprint density at radius 3 is 3.19 bits per heavy atom. The first-order valence-electron chi connectivity index (χ1n) is 5.63. The van der Waals surface area contributed by atoms with Gasteiger partial charge in [-0.2, -0.15) is 11.3 Å². The number of ether oxygens (including phenoxy) is 2. The van der Waals surface area contributed by atoms with Gasteiger partial charge in [-0.1, -0.05) is 0 Å². The van der Waals surface area contributed by atoms with E-state index < -0.39 is 0 Å². The number of hydrogen-bond donors (Lipinski definition) is 1. The van der Waals surface area contributed by atoms with E-state index in [4.69, 9.17) is 9.47 Å². The van der Waals surface area contributed by atoms with E-state index in [1.165, 1.54) is 5.56 Å². The molecular formula is C12H19NO2S. The maximum atomic E-state index is 5.91. The Morgan fingerprint density at radius 2 is 2.50 bits per heavy atom. The molecule has 0 saturated carbocycles. The third-order valence-corrected chi connectivity index (χ3v) is 3.29.